The minimum atomic E-state index is -0.0566. The predicted molar refractivity (Wildman–Crippen MR) is 70.3 cm³/mol. The standard InChI is InChI=1S/C11H7ClN4S/c12-8-1-2-9(11(15)17)10(3-8)16-6-7(4-13)5-14/h1-3,6,16H,(H2,15,17). The van der Waals surface area contributed by atoms with Gasteiger partial charge in [-0.2, -0.15) is 10.5 Å². The molecule has 0 unspecified atom stereocenters. The van der Waals surface area contributed by atoms with Gasteiger partial charge >= 0.3 is 0 Å². The van der Waals surface area contributed by atoms with Crippen LogP contribution < -0.4 is 11.1 Å². The van der Waals surface area contributed by atoms with E-state index in [-0.39, 0.29) is 10.6 Å². The van der Waals surface area contributed by atoms with Gasteiger partial charge in [0.15, 0.2) is 0 Å². The molecule has 0 amide bonds. The maximum atomic E-state index is 8.58. The third-order valence-corrected chi connectivity index (χ3v) is 2.31. The van der Waals surface area contributed by atoms with Crippen LogP contribution in [-0.4, -0.2) is 4.99 Å². The number of rotatable bonds is 3. The third-order valence-electron chi connectivity index (χ3n) is 1.86. The molecule has 84 valence electrons. The van der Waals surface area contributed by atoms with Gasteiger partial charge in [0.05, 0.1) is 0 Å². The lowest BCUT2D eigenvalue weighted by atomic mass is 10.2. The number of hydrogen-bond acceptors (Lipinski definition) is 4. The summed E-state index contributed by atoms with van der Waals surface area (Å²) >= 11 is 10.7. The number of nitriles is 2. The second-order valence-corrected chi connectivity index (χ2v) is 3.86. The molecule has 3 N–H and O–H groups in total. The Kier molecular flexibility index (Phi) is 4.47. The Morgan fingerprint density at radius 3 is 2.59 bits per heavy atom. The maximum Gasteiger partial charge on any atom is 0.145 e. The van der Waals surface area contributed by atoms with Crippen LogP contribution in [-0.2, 0) is 0 Å². The van der Waals surface area contributed by atoms with Crippen LogP contribution in [0.2, 0.25) is 5.02 Å². The molecule has 0 saturated carbocycles. The van der Waals surface area contributed by atoms with E-state index in [9.17, 15) is 0 Å². The molecule has 1 aromatic rings. The van der Waals surface area contributed by atoms with Gasteiger partial charge in [-0.05, 0) is 18.2 Å². The summed E-state index contributed by atoms with van der Waals surface area (Å²) in [6, 6.07) is 8.38. The highest BCUT2D eigenvalue weighted by molar-refractivity contribution is 7.80. The molecule has 0 bridgehead atoms. The van der Waals surface area contributed by atoms with Crippen LogP contribution in [0.25, 0.3) is 0 Å². The first-order valence-electron chi connectivity index (χ1n) is 4.44. The molecular weight excluding hydrogens is 256 g/mol. The highest BCUT2D eigenvalue weighted by Crippen LogP contribution is 2.21. The van der Waals surface area contributed by atoms with Crippen molar-refractivity contribution in [3.8, 4) is 12.1 Å². The zero-order valence-electron chi connectivity index (χ0n) is 8.57. The van der Waals surface area contributed by atoms with Crippen LogP contribution in [0.3, 0.4) is 0 Å². The zero-order valence-corrected chi connectivity index (χ0v) is 10.1. The van der Waals surface area contributed by atoms with Crippen molar-refractivity contribution in [1.29, 1.82) is 10.5 Å². The smallest absolute Gasteiger partial charge is 0.145 e. The number of nitrogens with two attached hydrogens (primary N) is 1. The van der Waals surface area contributed by atoms with Gasteiger partial charge in [0.25, 0.3) is 0 Å². The highest BCUT2D eigenvalue weighted by atomic mass is 35.5. The van der Waals surface area contributed by atoms with Crippen molar-refractivity contribution >= 4 is 34.5 Å². The minimum absolute atomic E-state index is 0.0566. The molecule has 0 aliphatic heterocycles. The van der Waals surface area contributed by atoms with Crippen molar-refractivity contribution < 1.29 is 0 Å². The van der Waals surface area contributed by atoms with Gasteiger partial charge in [-0.15, -0.1) is 0 Å². The van der Waals surface area contributed by atoms with Crippen LogP contribution in [0.4, 0.5) is 5.69 Å². The predicted octanol–water partition coefficient (Wildman–Crippen LogP) is 2.32. The summed E-state index contributed by atoms with van der Waals surface area (Å²) in [5, 5.41) is 20.4. The lowest BCUT2D eigenvalue weighted by molar-refractivity contribution is 1.44. The zero-order chi connectivity index (χ0) is 12.8. The van der Waals surface area contributed by atoms with E-state index in [1.165, 1.54) is 6.20 Å². The van der Waals surface area contributed by atoms with Crippen LogP contribution in [0, 0.1) is 22.7 Å². The van der Waals surface area contributed by atoms with E-state index in [0.29, 0.717) is 16.3 Å². The molecule has 0 aliphatic rings. The minimum Gasteiger partial charge on any atom is -0.389 e. The van der Waals surface area contributed by atoms with Crippen molar-refractivity contribution in [2.24, 2.45) is 5.73 Å². The molecule has 17 heavy (non-hydrogen) atoms. The summed E-state index contributed by atoms with van der Waals surface area (Å²) in [5.74, 6) is 0. The fourth-order valence-electron chi connectivity index (χ4n) is 1.09. The van der Waals surface area contributed by atoms with Gasteiger partial charge in [0, 0.05) is 22.5 Å². The molecule has 4 nitrogen and oxygen atoms in total. The number of hydrogen-bond donors (Lipinski definition) is 2. The molecule has 0 fully saturated rings. The molecule has 0 radical (unpaired) electrons. The molecule has 6 heteroatoms. The molecule has 1 aromatic carbocycles. The Bertz CT molecular complexity index is 550. The number of anilines is 1. The second kappa shape index (κ2) is 5.86. The monoisotopic (exact) mass is 262 g/mol. The molecule has 1 rings (SSSR count). The van der Waals surface area contributed by atoms with E-state index < -0.39 is 0 Å². The first-order chi connectivity index (χ1) is 8.08. The largest absolute Gasteiger partial charge is 0.389 e. The SMILES string of the molecule is N#CC(C#N)=CNc1cc(Cl)ccc1C(N)=S. The number of allylic oxidation sites excluding steroid dienone is 1. The van der Waals surface area contributed by atoms with Crippen LogP contribution >= 0.6 is 23.8 Å². The molecule has 0 spiro atoms. The summed E-state index contributed by atoms with van der Waals surface area (Å²) in [5.41, 5.74) is 6.62. The fraction of sp³-hybridized carbons (Fsp3) is 0. The Morgan fingerprint density at radius 1 is 1.41 bits per heavy atom. The molecule has 0 saturated heterocycles. The number of benzene rings is 1. The highest BCUT2D eigenvalue weighted by Gasteiger charge is 2.05. The van der Waals surface area contributed by atoms with E-state index in [4.69, 9.17) is 40.1 Å². The molecule has 0 aliphatic carbocycles. The fourth-order valence-corrected chi connectivity index (χ4v) is 1.44. The number of nitrogens with zero attached hydrogens (tertiary/aromatic N) is 2. The Hall–Kier alpha value is -2.08. The Balaban J connectivity index is 3.11. The van der Waals surface area contributed by atoms with Crippen LogP contribution in [0.5, 0.6) is 0 Å². The topological polar surface area (TPSA) is 85.6 Å². The molecule has 0 heterocycles. The third kappa shape index (κ3) is 3.46. The number of nitrogens with one attached hydrogen (secondary N) is 1. The quantitative estimate of drug-likeness (QED) is 0.645. The Labute approximate surface area is 109 Å². The first kappa shape index (κ1) is 13.0. The summed E-state index contributed by atoms with van der Waals surface area (Å²) < 4.78 is 0. The summed E-state index contributed by atoms with van der Waals surface area (Å²) in [4.78, 5) is 0.202. The van der Waals surface area contributed by atoms with Gasteiger partial charge in [-0.1, -0.05) is 23.8 Å². The van der Waals surface area contributed by atoms with Gasteiger partial charge in [-0.3, -0.25) is 0 Å². The van der Waals surface area contributed by atoms with E-state index in [1.807, 2.05) is 0 Å². The van der Waals surface area contributed by atoms with Gasteiger partial charge in [-0.25, -0.2) is 0 Å². The van der Waals surface area contributed by atoms with Crippen molar-refractivity contribution in [3.05, 3.63) is 40.6 Å². The summed E-state index contributed by atoms with van der Waals surface area (Å²) in [7, 11) is 0. The first-order valence-corrected chi connectivity index (χ1v) is 5.23. The molecule has 0 aromatic heterocycles. The van der Waals surface area contributed by atoms with E-state index in [1.54, 1.807) is 30.3 Å². The average Bonchev–Trinajstić information content (AvgIpc) is 2.30. The second-order valence-electron chi connectivity index (χ2n) is 2.98. The lowest BCUT2D eigenvalue weighted by Crippen LogP contribution is -2.11. The van der Waals surface area contributed by atoms with Gasteiger partial charge < -0.3 is 11.1 Å². The summed E-state index contributed by atoms with van der Waals surface area (Å²) in [6.07, 6.45) is 1.27. The maximum absolute atomic E-state index is 8.58. The van der Waals surface area contributed by atoms with Crippen molar-refractivity contribution in [2.45, 2.75) is 0 Å². The van der Waals surface area contributed by atoms with Crippen LogP contribution in [0.15, 0.2) is 30.0 Å². The van der Waals surface area contributed by atoms with E-state index in [0.717, 1.165) is 0 Å². The normalized spacial score (nSPS) is 8.65. The van der Waals surface area contributed by atoms with Crippen molar-refractivity contribution in [1.82, 2.24) is 0 Å². The van der Waals surface area contributed by atoms with Gasteiger partial charge in [0.2, 0.25) is 0 Å². The summed E-state index contributed by atoms with van der Waals surface area (Å²) in [6.45, 7) is 0. The van der Waals surface area contributed by atoms with Crippen LogP contribution in [0.1, 0.15) is 5.56 Å². The number of halogens is 1. The molecular formula is C11H7ClN4S. The molecule has 0 atom stereocenters. The lowest BCUT2D eigenvalue weighted by Gasteiger charge is -2.08. The Morgan fingerprint density at radius 2 is 2.06 bits per heavy atom. The van der Waals surface area contributed by atoms with Gasteiger partial charge in [0.1, 0.15) is 22.7 Å². The number of thiocarbonyl (C=S) groups is 1. The van der Waals surface area contributed by atoms with E-state index in [2.05, 4.69) is 5.32 Å². The van der Waals surface area contributed by atoms with Crippen molar-refractivity contribution in [3.63, 3.8) is 0 Å². The van der Waals surface area contributed by atoms with Crippen molar-refractivity contribution in [2.75, 3.05) is 5.32 Å². The van der Waals surface area contributed by atoms with E-state index >= 15 is 0 Å². The average molecular weight is 263 g/mol.